The molecule has 3 nitrogen and oxygen atoms in total. The minimum Gasteiger partial charge on any atom is -0.367 e. The van der Waals surface area contributed by atoms with E-state index in [0.717, 1.165) is 30.3 Å². The average molecular weight is 219 g/mol. The van der Waals surface area contributed by atoms with Gasteiger partial charge in [-0.3, -0.25) is 0 Å². The van der Waals surface area contributed by atoms with Gasteiger partial charge in [0.05, 0.1) is 0 Å². The molecule has 1 aromatic rings. The molecule has 0 spiro atoms. The van der Waals surface area contributed by atoms with Crippen molar-refractivity contribution in [2.45, 2.75) is 52.0 Å². The maximum Gasteiger partial charge on any atom is 0.129 e. The molecular weight excluding hydrogens is 198 g/mol. The fourth-order valence-corrected chi connectivity index (χ4v) is 2.42. The number of aromatic nitrogens is 2. The Balaban J connectivity index is 1.95. The van der Waals surface area contributed by atoms with E-state index in [1.54, 1.807) is 6.33 Å². The molecule has 1 aliphatic rings. The summed E-state index contributed by atoms with van der Waals surface area (Å²) in [7, 11) is 0. The molecule has 1 aliphatic carbocycles. The van der Waals surface area contributed by atoms with Crippen LogP contribution in [0.4, 0.5) is 5.82 Å². The topological polar surface area (TPSA) is 37.8 Å². The summed E-state index contributed by atoms with van der Waals surface area (Å²) in [6.07, 6.45) is 7.73. The minimum atomic E-state index is 0.611. The lowest BCUT2D eigenvalue weighted by molar-refractivity contribution is 0.602. The third kappa shape index (κ3) is 2.94. The molecular formula is C13H21N3. The summed E-state index contributed by atoms with van der Waals surface area (Å²) in [4.78, 5) is 8.56. The van der Waals surface area contributed by atoms with Crippen LogP contribution >= 0.6 is 0 Å². The van der Waals surface area contributed by atoms with E-state index >= 15 is 0 Å². The Morgan fingerprint density at radius 1 is 1.38 bits per heavy atom. The van der Waals surface area contributed by atoms with Crippen molar-refractivity contribution in [3.63, 3.8) is 0 Å². The van der Waals surface area contributed by atoms with E-state index in [9.17, 15) is 0 Å². The summed E-state index contributed by atoms with van der Waals surface area (Å²) in [5.41, 5.74) is 1.14. The Morgan fingerprint density at radius 2 is 2.25 bits per heavy atom. The highest BCUT2D eigenvalue weighted by atomic mass is 15.0. The minimum absolute atomic E-state index is 0.611. The van der Waals surface area contributed by atoms with Gasteiger partial charge in [0.1, 0.15) is 12.1 Å². The molecule has 3 heteroatoms. The second-order valence-electron chi connectivity index (χ2n) is 4.90. The standard InChI is InChI=1S/C13H21N3/c1-3-4-11-8-13(15-9-14-11)16-12-6-5-10(2)7-12/h8-10,12H,3-7H2,1-2H3,(H,14,15,16). The third-order valence-electron chi connectivity index (χ3n) is 3.28. The second kappa shape index (κ2) is 5.28. The van der Waals surface area contributed by atoms with Gasteiger partial charge in [-0.25, -0.2) is 9.97 Å². The number of nitrogens with one attached hydrogen (secondary N) is 1. The number of anilines is 1. The predicted octanol–water partition coefficient (Wildman–Crippen LogP) is 3.03. The third-order valence-corrected chi connectivity index (χ3v) is 3.28. The molecule has 1 aromatic heterocycles. The maximum atomic E-state index is 4.29. The SMILES string of the molecule is CCCc1cc(NC2CCC(C)C2)ncn1. The predicted molar refractivity (Wildman–Crippen MR) is 66.5 cm³/mol. The summed E-state index contributed by atoms with van der Waals surface area (Å²) in [5, 5.41) is 3.52. The first-order valence-corrected chi connectivity index (χ1v) is 6.35. The number of hydrogen-bond acceptors (Lipinski definition) is 3. The monoisotopic (exact) mass is 219 g/mol. The Kier molecular flexibility index (Phi) is 3.75. The zero-order valence-electron chi connectivity index (χ0n) is 10.2. The highest BCUT2D eigenvalue weighted by Gasteiger charge is 2.21. The molecule has 0 saturated heterocycles. The zero-order valence-corrected chi connectivity index (χ0v) is 10.2. The number of aryl methyl sites for hydroxylation is 1. The molecule has 0 amide bonds. The van der Waals surface area contributed by atoms with Gasteiger partial charge < -0.3 is 5.32 Å². The van der Waals surface area contributed by atoms with Crippen LogP contribution in [0.1, 0.15) is 45.2 Å². The van der Waals surface area contributed by atoms with Crippen LogP contribution in [0.3, 0.4) is 0 Å². The van der Waals surface area contributed by atoms with Crippen molar-refractivity contribution in [2.75, 3.05) is 5.32 Å². The fraction of sp³-hybridized carbons (Fsp3) is 0.692. The molecule has 0 bridgehead atoms. The Hall–Kier alpha value is -1.12. The highest BCUT2D eigenvalue weighted by Crippen LogP contribution is 2.26. The van der Waals surface area contributed by atoms with Gasteiger partial charge in [0, 0.05) is 17.8 Å². The molecule has 2 unspecified atom stereocenters. The smallest absolute Gasteiger partial charge is 0.129 e. The van der Waals surface area contributed by atoms with Gasteiger partial charge in [0.15, 0.2) is 0 Å². The largest absolute Gasteiger partial charge is 0.367 e. The zero-order chi connectivity index (χ0) is 11.4. The first-order valence-electron chi connectivity index (χ1n) is 6.35. The van der Waals surface area contributed by atoms with Crippen molar-refractivity contribution < 1.29 is 0 Å². The van der Waals surface area contributed by atoms with Gasteiger partial charge in [-0.05, 0) is 31.6 Å². The van der Waals surface area contributed by atoms with Crippen LogP contribution in [0, 0.1) is 5.92 Å². The Labute approximate surface area is 97.7 Å². The first kappa shape index (κ1) is 11.4. The van der Waals surface area contributed by atoms with Crippen LogP contribution in [0.25, 0.3) is 0 Å². The van der Waals surface area contributed by atoms with Crippen molar-refractivity contribution in [3.8, 4) is 0 Å². The molecule has 88 valence electrons. The molecule has 2 rings (SSSR count). The van der Waals surface area contributed by atoms with Gasteiger partial charge in [0.25, 0.3) is 0 Å². The van der Waals surface area contributed by atoms with E-state index in [1.807, 2.05) is 0 Å². The maximum absolute atomic E-state index is 4.29. The first-order chi connectivity index (χ1) is 7.78. The van der Waals surface area contributed by atoms with Crippen molar-refractivity contribution in [1.29, 1.82) is 0 Å². The number of nitrogens with zero attached hydrogens (tertiary/aromatic N) is 2. The average Bonchev–Trinajstić information content (AvgIpc) is 2.65. The molecule has 0 aliphatic heterocycles. The van der Waals surface area contributed by atoms with Crippen LogP contribution in [0.2, 0.25) is 0 Å². The van der Waals surface area contributed by atoms with Gasteiger partial charge in [-0.1, -0.05) is 20.3 Å². The van der Waals surface area contributed by atoms with Crippen molar-refractivity contribution >= 4 is 5.82 Å². The molecule has 1 heterocycles. The van der Waals surface area contributed by atoms with Crippen LogP contribution < -0.4 is 5.32 Å². The highest BCUT2D eigenvalue weighted by molar-refractivity contribution is 5.36. The molecule has 16 heavy (non-hydrogen) atoms. The Morgan fingerprint density at radius 3 is 2.94 bits per heavy atom. The van der Waals surface area contributed by atoms with Gasteiger partial charge >= 0.3 is 0 Å². The van der Waals surface area contributed by atoms with Crippen molar-refractivity contribution in [3.05, 3.63) is 18.1 Å². The van der Waals surface area contributed by atoms with Crippen LogP contribution in [0.15, 0.2) is 12.4 Å². The lowest BCUT2D eigenvalue weighted by atomic mass is 10.1. The van der Waals surface area contributed by atoms with E-state index in [4.69, 9.17) is 0 Å². The normalized spacial score (nSPS) is 24.6. The Bertz CT molecular complexity index is 338. The summed E-state index contributed by atoms with van der Waals surface area (Å²) in [6, 6.07) is 2.70. The van der Waals surface area contributed by atoms with Crippen LogP contribution in [-0.2, 0) is 6.42 Å². The summed E-state index contributed by atoms with van der Waals surface area (Å²) in [6.45, 7) is 4.50. The summed E-state index contributed by atoms with van der Waals surface area (Å²) in [5.74, 6) is 1.85. The van der Waals surface area contributed by atoms with E-state index in [1.165, 1.54) is 19.3 Å². The van der Waals surface area contributed by atoms with Gasteiger partial charge in [-0.15, -0.1) is 0 Å². The van der Waals surface area contributed by atoms with Gasteiger partial charge in [0.2, 0.25) is 0 Å². The molecule has 1 N–H and O–H groups in total. The van der Waals surface area contributed by atoms with Gasteiger partial charge in [-0.2, -0.15) is 0 Å². The quantitative estimate of drug-likeness (QED) is 0.845. The fourth-order valence-electron chi connectivity index (χ4n) is 2.42. The molecule has 0 radical (unpaired) electrons. The van der Waals surface area contributed by atoms with Crippen molar-refractivity contribution in [2.24, 2.45) is 5.92 Å². The molecule has 2 atom stereocenters. The molecule has 1 fully saturated rings. The number of rotatable bonds is 4. The lowest BCUT2D eigenvalue weighted by Crippen LogP contribution is -2.16. The van der Waals surface area contributed by atoms with Crippen LogP contribution in [-0.4, -0.2) is 16.0 Å². The summed E-state index contributed by atoms with van der Waals surface area (Å²) < 4.78 is 0. The molecule has 0 aromatic carbocycles. The second-order valence-corrected chi connectivity index (χ2v) is 4.90. The van der Waals surface area contributed by atoms with E-state index in [2.05, 4.69) is 35.2 Å². The van der Waals surface area contributed by atoms with E-state index in [-0.39, 0.29) is 0 Å². The van der Waals surface area contributed by atoms with E-state index < -0.39 is 0 Å². The summed E-state index contributed by atoms with van der Waals surface area (Å²) >= 11 is 0. The molecule has 1 saturated carbocycles. The number of hydrogen-bond donors (Lipinski definition) is 1. The van der Waals surface area contributed by atoms with E-state index in [0.29, 0.717) is 6.04 Å². The van der Waals surface area contributed by atoms with Crippen molar-refractivity contribution in [1.82, 2.24) is 9.97 Å². The lowest BCUT2D eigenvalue weighted by Gasteiger charge is -2.13. The van der Waals surface area contributed by atoms with Crippen LogP contribution in [0.5, 0.6) is 0 Å².